The summed E-state index contributed by atoms with van der Waals surface area (Å²) in [6.45, 7) is 1.44. The summed E-state index contributed by atoms with van der Waals surface area (Å²) in [5.41, 5.74) is 0. The Morgan fingerprint density at radius 1 is 1.73 bits per heavy atom. The van der Waals surface area contributed by atoms with E-state index in [0.717, 1.165) is 17.9 Å². The molecule has 0 fully saturated rings. The van der Waals surface area contributed by atoms with Gasteiger partial charge in [-0.1, -0.05) is 0 Å². The molecule has 15 heavy (non-hydrogen) atoms. The molecular formula is C8H11F2N3O2. The van der Waals surface area contributed by atoms with Crippen molar-refractivity contribution in [2.24, 2.45) is 0 Å². The summed E-state index contributed by atoms with van der Waals surface area (Å²) < 4.78 is 26.3. The van der Waals surface area contributed by atoms with Gasteiger partial charge in [0.1, 0.15) is 24.6 Å². The van der Waals surface area contributed by atoms with Crippen LogP contribution < -0.4 is 0 Å². The molecule has 1 rings (SSSR count). The summed E-state index contributed by atoms with van der Waals surface area (Å²) in [6.07, 6.45) is 1.07. The molecule has 1 aromatic rings. The zero-order valence-corrected chi connectivity index (χ0v) is 8.31. The van der Waals surface area contributed by atoms with Gasteiger partial charge in [-0.2, -0.15) is 5.10 Å². The molecule has 0 saturated carbocycles. The second kappa shape index (κ2) is 3.92. The predicted octanol–water partition coefficient (Wildman–Crippen LogP) is 1.12. The maximum atomic E-state index is 12.7. The van der Waals surface area contributed by atoms with Gasteiger partial charge >= 0.3 is 5.97 Å². The number of hydrogen-bond donors (Lipinski definition) is 1. The zero-order valence-electron chi connectivity index (χ0n) is 8.31. The van der Waals surface area contributed by atoms with E-state index >= 15 is 0 Å². The Bertz CT molecular complexity index is 359. The van der Waals surface area contributed by atoms with Gasteiger partial charge in [0.05, 0.1) is 0 Å². The molecule has 0 aliphatic rings. The van der Waals surface area contributed by atoms with Crippen LogP contribution in [0, 0.1) is 0 Å². The number of carboxylic acids is 1. The Morgan fingerprint density at radius 2 is 2.33 bits per heavy atom. The van der Waals surface area contributed by atoms with Crippen molar-refractivity contribution >= 4 is 5.97 Å². The van der Waals surface area contributed by atoms with Crippen LogP contribution >= 0.6 is 0 Å². The van der Waals surface area contributed by atoms with Crippen LogP contribution in [0.2, 0.25) is 0 Å². The summed E-state index contributed by atoms with van der Waals surface area (Å²) >= 11 is 0. The van der Waals surface area contributed by atoms with Gasteiger partial charge in [-0.05, 0) is 6.92 Å². The lowest BCUT2D eigenvalue weighted by Crippen LogP contribution is -2.24. The van der Waals surface area contributed by atoms with Gasteiger partial charge in [0.15, 0.2) is 0 Å². The number of halogens is 2. The molecule has 0 radical (unpaired) electrons. The molecular weight excluding hydrogens is 208 g/mol. The Hall–Kier alpha value is -1.53. The van der Waals surface area contributed by atoms with Crippen molar-refractivity contribution in [1.82, 2.24) is 14.8 Å². The van der Waals surface area contributed by atoms with Crippen molar-refractivity contribution in [1.29, 1.82) is 0 Å². The van der Waals surface area contributed by atoms with E-state index in [4.69, 9.17) is 5.11 Å². The van der Waals surface area contributed by atoms with E-state index in [9.17, 15) is 13.6 Å². The van der Waals surface area contributed by atoms with Crippen LogP contribution in [0.15, 0.2) is 6.33 Å². The molecule has 0 spiro atoms. The first-order valence-electron chi connectivity index (χ1n) is 4.29. The molecule has 1 unspecified atom stereocenters. The van der Waals surface area contributed by atoms with Crippen LogP contribution in [0.4, 0.5) is 8.78 Å². The van der Waals surface area contributed by atoms with Crippen LogP contribution in [-0.2, 0) is 11.3 Å². The maximum absolute atomic E-state index is 12.7. The summed E-state index contributed by atoms with van der Waals surface area (Å²) in [7, 11) is 0. The largest absolute Gasteiger partial charge is 0.481 e. The fourth-order valence-corrected chi connectivity index (χ4v) is 1.10. The Labute approximate surface area is 84.7 Å². The number of nitrogens with zero attached hydrogens (tertiary/aromatic N) is 3. The number of aromatic nitrogens is 3. The number of rotatable bonds is 4. The number of carbonyl (C=O) groups is 1. The molecule has 1 atom stereocenters. The molecule has 0 amide bonds. The molecule has 0 saturated heterocycles. The van der Waals surface area contributed by atoms with Gasteiger partial charge in [-0.15, -0.1) is 0 Å². The fourth-order valence-electron chi connectivity index (χ4n) is 1.10. The normalized spacial score (nSPS) is 13.9. The van der Waals surface area contributed by atoms with Crippen LogP contribution in [-0.4, -0.2) is 31.8 Å². The van der Waals surface area contributed by atoms with Gasteiger partial charge in [0.2, 0.25) is 0 Å². The average Bonchev–Trinajstić information content (AvgIpc) is 2.47. The third-order valence-electron chi connectivity index (χ3n) is 1.83. The first-order chi connectivity index (χ1) is 6.81. The average molecular weight is 219 g/mol. The highest BCUT2D eigenvalue weighted by molar-refractivity contribution is 5.74. The SMILES string of the molecule is CC(C(=O)O)c1ncnn1CC(C)(F)F. The lowest BCUT2D eigenvalue weighted by atomic mass is 10.2. The van der Waals surface area contributed by atoms with Crippen LogP contribution in [0.5, 0.6) is 0 Å². The smallest absolute Gasteiger partial charge is 0.313 e. The molecule has 0 aliphatic carbocycles. The summed E-state index contributed by atoms with van der Waals surface area (Å²) in [6, 6.07) is 0. The molecule has 0 aliphatic heterocycles. The second-order valence-corrected chi connectivity index (χ2v) is 3.41. The highest BCUT2D eigenvalue weighted by atomic mass is 19.3. The minimum atomic E-state index is -2.94. The van der Waals surface area contributed by atoms with Gasteiger partial charge in [-0.25, -0.2) is 18.4 Å². The molecule has 5 nitrogen and oxygen atoms in total. The Kier molecular flexibility index (Phi) is 3.01. The summed E-state index contributed by atoms with van der Waals surface area (Å²) in [5, 5.41) is 12.3. The third-order valence-corrected chi connectivity index (χ3v) is 1.83. The highest BCUT2D eigenvalue weighted by Crippen LogP contribution is 2.18. The second-order valence-electron chi connectivity index (χ2n) is 3.41. The van der Waals surface area contributed by atoms with E-state index in [2.05, 4.69) is 10.1 Å². The molecule has 7 heteroatoms. The minimum Gasteiger partial charge on any atom is -0.481 e. The van der Waals surface area contributed by atoms with Crippen LogP contribution in [0.3, 0.4) is 0 Å². The molecule has 0 bridgehead atoms. The standard InChI is InChI=1S/C8H11F2N3O2/c1-5(7(14)15)6-11-4-12-13(6)3-8(2,9)10/h4-5H,3H2,1-2H3,(H,14,15). The van der Waals surface area contributed by atoms with Crippen LogP contribution in [0.25, 0.3) is 0 Å². The first kappa shape index (κ1) is 11.5. The number of hydrogen-bond acceptors (Lipinski definition) is 3. The van der Waals surface area contributed by atoms with E-state index < -0.39 is 24.4 Å². The summed E-state index contributed by atoms with van der Waals surface area (Å²) in [5.74, 6) is -4.98. The molecule has 84 valence electrons. The summed E-state index contributed by atoms with van der Waals surface area (Å²) in [4.78, 5) is 14.3. The van der Waals surface area contributed by atoms with Crippen molar-refractivity contribution in [2.45, 2.75) is 32.2 Å². The van der Waals surface area contributed by atoms with Gasteiger partial charge in [0, 0.05) is 6.92 Å². The minimum absolute atomic E-state index is 0.0315. The van der Waals surface area contributed by atoms with E-state index in [1.54, 1.807) is 0 Å². The fraction of sp³-hybridized carbons (Fsp3) is 0.625. The highest BCUT2D eigenvalue weighted by Gasteiger charge is 2.27. The maximum Gasteiger partial charge on any atom is 0.313 e. The predicted molar refractivity (Wildman–Crippen MR) is 46.7 cm³/mol. The monoisotopic (exact) mass is 219 g/mol. The zero-order chi connectivity index (χ0) is 11.6. The number of aliphatic carboxylic acids is 1. The molecule has 0 aromatic carbocycles. The molecule has 1 N–H and O–H groups in total. The van der Waals surface area contributed by atoms with E-state index in [1.807, 2.05) is 0 Å². The van der Waals surface area contributed by atoms with Crippen molar-refractivity contribution in [3.63, 3.8) is 0 Å². The molecule has 1 aromatic heterocycles. The van der Waals surface area contributed by atoms with E-state index in [-0.39, 0.29) is 5.82 Å². The van der Waals surface area contributed by atoms with Gasteiger partial charge in [0.25, 0.3) is 5.92 Å². The van der Waals surface area contributed by atoms with Crippen molar-refractivity contribution in [3.05, 3.63) is 12.2 Å². The van der Waals surface area contributed by atoms with E-state index in [0.29, 0.717) is 0 Å². The van der Waals surface area contributed by atoms with Crippen molar-refractivity contribution < 1.29 is 18.7 Å². The van der Waals surface area contributed by atoms with Crippen molar-refractivity contribution in [3.8, 4) is 0 Å². The Morgan fingerprint density at radius 3 is 2.80 bits per heavy atom. The van der Waals surface area contributed by atoms with Crippen LogP contribution in [0.1, 0.15) is 25.6 Å². The lowest BCUT2D eigenvalue weighted by Gasteiger charge is -2.13. The third kappa shape index (κ3) is 2.97. The number of carboxylic acid groups (broad SMARTS) is 1. The topological polar surface area (TPSA) is 68.0 Å². The lowest BCUT2D eigenvalue weighted by molar-refractivity contribution is -0.138. The van der Waals surface area contributed by atoms with Gasteiger partial charge in [-0.3, -0.25) is 4.79 Å². The Balaban J connectivity index is 2.92. The molecule has 1 heterocycles. The van der Waals surface area contributed by atoms with Crippen molar-refractivity contribution in [2.75, 3.05) is 0 Å². The van der Waals surface area contributed by atoms with Gasteiger partial charge < -0.3 is 5.11 Å². The number of alkyl halides is 2. The first-order valence-corrected chi connectivity index (χ1v) is 4.29. The quantitative estimate of drug-likeness (QED) is 0.823. The van der Waals surface area contributed by atoms with E-state index in [1.165, 1.54) is 6.92 Å².